The second kappa shape index (κ2) is 7.29. The number of carbonyl (C=O) groups is 1. The van der Waals surface area contributed by atoms with Gasteiger partial charge < -0.3 is 15.4 Å². The number of methoxy groups -OCH3 is 1. The van der Waals surface area contributed by atoms with Crippen molar-refractivity contribution in [3.8, 4) is 5.75 Å². The summed E-state index contributed by atoms with van der Waals surface area (Å²) in [5.74, 6) is 0.821. The van der Waals surface area contributed by atoms with Crippen LogP contribution >= 0.6 is 28.3 Å². The van der Waals surface area contributed by atoms with E-state index in [0.717, 1.165) is 35.2 Å². The Kier molecular flexibility index (Phi) is 6.30. The second-order valence-corrected chi connectivity index (χ2v) is 5.78. The maximum Gasteiger partial charge on any atom is 0.239 e. The smallest absolute Gasteiger partial charge is 0.239 e. The Morgan fingerprint density at radius 1 is 1.55 bits per heavy atom. The van der Waals surface area contributed by atoms with E-state index in [9.17, 15) is 4.79 Å². The number of likely N-dealkylation sites (tertiary alicyclic amines) is 1. The van der Waals surface area contributed by atoms with Gasteiger partial charge in [0.05, 0.1) is 19.2 Å². The first-order valence-corrected chi connectivity index (χ1v) is 7.23. The molecule has 2 rings (SSSR count). The van der Waals surface area contributed by atoms with Crippen LogP contribution in [-0.2, 0) is 4.79 Å². The van der Waals surface area contributed by atoms with Crippen LogP contribution in [0, 0.1) is 0 Å². The van der Waals surface area contributed by atoms with Crippen molar-refractivity contribution in [3.63, 3.8) is 0 Å². The third-order valence-electron chi connectivity index (χ3n) is 3.48. The molecule has 1 amide bonds. The largest absolute Gasteiger partial charge is 0.496 e. The minimum Gasteiger partial charge on any atom is -0.496 e. The lowest BCUT2D eigenvalue weighted by Crippen LogP contribution is -2.41. The molecule has 112 valence electrons. The number of halogens is 2. The average Bonchev–Trinajstić information content (AvgIpc) is 2.86. The minimum atomic E-state index is -0.459. The van der Waals surface area contributed by atoms with Crippen molar-refractivity contribution in [1.29, 1.82) is 0 Å². The summed E-state index contributed by atoms with van der Waals surface area (Å²) in [7, 11) is 1.65. The molecular formula is C14H20BrClN2O2. The third kappa shape index (κ3) is 3.45. The van der Waals surface area contributed by atoms with Crippen LogP contribution < -0.4 is 10.5 Å². The lowest BCUT2D eigenvalue weighted by Gasteiger charge is -2.27. The van der Waals surface area contributed by atoms with Gasteiger partial charge in [0.15, 0.2) is 0 Å². The van der Waals surface area contributed by atoms with Crippen LogP contribution in [0.1, 0.15) is 31.4 Å². The highest BCUT2D eigenvalue weighted by molar-refractivity contribution is 9.10. The lowest BCUT2D eigenvalue weighted by molar-refractivity contribution is -0.133. The van der Waals surface area contributed by atoms with Gasteiger partial charge in [-0.15, -0.1) is 12.4 Å². The van der Waals surface area contributed by atoms with E-state index < -0.39 is 6.04 Å². The molecule has 6 heteroatoms. The van der Waals surface area contributed by atoms with Crippen LogP contribution in [0.3, 0.4) is 0 Å². The summed E-state index contributed by atoms with van der Waals surface area (Å²) in [5.41, 5.74) is 6.77. The molecule has 1 aliphatic heterocycles. The average molecular weight is 364 g/mol. The van der Waals surface area contributed by atoms with Gasteiger partial charge in [0.1, 0.15) is 5.75 Å². The molecule has 0 bridgehead atoms. The SMILES string of the molecule is COc1ccc(Br)cc1C1CCCN1C(=O)[C@H](C)N.Cl. The fourth-order valence-corrected chi connectivity index (χ4v) is 2.96. The number of ether oxygens (including phenoxy) is 1. The zero-order chi connectivity index (χ0) is 14.0. The fraction of sp³-hybridized carbons (Fsp3) is 0.500. The second-order valence-electron chi connectivity index (χ2n) is 4.86. The van der Waals surface area contributed by atoms with Gasteiger partial charge >= 0.3 is 0 Å². The van der Waals surface area contributed by atoms with Gasteiger partial charge in [-0.1, -0.05) is 15.9 Å². The molecule has 2 atom stereocenters. The van der Waals surface area contributed by atoms with Gasteiger partial charge in [0, 0.05) is 16.6 Å². The normalized spacial score (nSPS) is 19.4. The van der Waals surface area contributed by atoms with E-state index in [1.165, 1.54) is 0 Å². The van der Waals surface area contributed by atoms with E-state index in [1.807, 2.05) is 23.1 Å². The Balaban J connectivity index is 0.00000200. The van der Waals surface area contributed by atoms with Crippen LogP contribution in [0.2, 0.25) is 0 Å². The van der Waals surface area contributed by atoms with Gasteiger partial charge in [0.25, 0.3) is 0 Å². The van der Waals surface area contributed by atoms with Crippen molar-refractivity contribution in [1.82, 2.24) is 4.90 Å². The highest BCUT2D eigenvalue weighted by Crippen LogP contribution is 2.38. The number of amides is 1. The molecule has 1 fully saturated rings. The molecule has 0 radical (unpaired) electrons. The van der Waals surface area contributed by atoms with E-state index >= 15 is 0 Å². The Morgan fingerprint density at radius 2 is 2.25 bits per heavy atom. The van der Waals surface area contributed by atoms with Gasteiger partial charge in [-0.05, 0) is 38.0 Å². The summed E-state index contributed by atoms with van der Waals surface area (Å²) >= 11 is 3.47. The monoisotopic (exact) mass is 362 g/mol. The molecular weight excluding hydrogens is 344 g/mol. The zero-order valence-electron chi connectivity index (χ0n) is 11.6. The van der Waals surface area contributed by atoms with Crippen molar-refractivity contribution < 1.29 is 9.53 Å². The number of benzene rings is 1. The molecule has 20 heavy (non-hydrogen) atoms. The molecule has 1 saturated heterocycles. The molecule has 4 nitrogen and oxygen atoms in total. The Bertz CT molecular complexity index is 482. The highest BCUT2D eigenvalue weighted by atomic mass is 79.9. The standard InChI is InChI=1S/C14H19BrN2O2.ClH/c1-9(16)14(18)17-7-3-4-12(17)11-8-10(15)5-6-13(11)19-2;/h5-6,8-9,12H,3-4,7,16H2,1-2H3;1H/t9-,12?;/m0./s1. The van der Waals surface area contributed by atoms with E-state index in [1.54, 1.807) is 14.0 Å². The number of nitrogens with two attached hydrogens (primary N) is 1. The molecule has 0 spiro atoms. The first kappa shape index (κ1) is 17.3. The molecule has 1 heterocycles. The molecule has 1 unspecified atom stereocenters. The van der Waals surface area contributed by atoms with Crippen LogP contribution in [0.15, 0.2) is 22.7 Å². The Labute approximate surface area is 134 Å². The van der Waals surface area contributed by atoms with Crippen LogP contribution in [-0.4, -0.2) is 30.5 Å². The minimum absolute atomic E-state index is 0. The molecule has 1 aromatic carbocycles. The predicted octanol–water partition coefficient (Wildman–Crippen LogP) is 2.89. The summed E-state index contributed by atoms with van der Waals surface area (Å²) in [6, 6.07) is 5.49. The number of hydrogen-bond acceptors (Lipinski definition) is 3. The summed E-state index contributed by atoms with van der Waals surface area (Å²) in [6.07, 6.45) is 1.95. The summed E-state index contributed by atoms with van der Waals surface area (Å²) < 4.78 is 6.40. The van der Waals surface area contributed by atoms with Crippen LogP contribution in [0.4, 0.5) is 0 Å². The topological polar surface area (TPSA) is 55.6 Å². The van der Waals surface area contributed by atoms with E-state index in [4.69, 9.17) is 10.5 Å². The predicted molar refractivity (Wildman–Crippen MR) is 85.3 cm³/mol. The quantitative estimate of drug-likeness (QED) is 0.898. The molecule has 1 aliphatic rings. The maximum atomic E-state index is 12.2. The summed E-state index contributed by atoms with van der Waals surface area (Å²) in [4.78, 5) is 14.0. The first-order chi connectivity index (χ1) is 9.04. The van der Waals surface area contributed by atoms with E-state index in [0.29, 0.717) is 0 Å². The molecule has 2 N–H and O–H groups in total. The lowest BCUT2D eigenvalue weighted by atomic mass is 10.0. The third-order valence-corrected chi connectivity index (χ3v) is 3.97. The van der Waals surface area contributed by atoms with E-state index in [-0.39, 0.29) is 24.4 Å². The molecule has 0 aromatic heterocycles. The summed E-state index contributed by atoms with van der Waals surface area (Å²) in [6.45, 7) is 2.50. The van der Waals surface area contributed by atoms with Gasteiger partial charge in [0.2, 0.25) is 5.91 Å². The van der Waals surface area contributed by atoms with Crippen molar-refractivity contribution in [2.45, 2.75) is 31.8 Å². The Morgan fingerprint density at radius 3 is 2.85 bits per heavy atom. The van der Waals surface area contributed by atoms with Crippen molar-refractivity contribution in [2.75, 3.05) is 13.7 Å². The zero-order valence-corrected chi connectivity index (χ0v) is 14.0. The van der Waals surface area contributed by atoms with Gasteiger partial charge in [-0.25, -0.2) is 0 Å². The fourth-order valence-electron chi connectivity index (χ4n) is 2.58. The number of nitrogens with zero attached hydrogens (tertiary/aromatic N) is 1. The Hall–Kier alpha value is -0.780. The molecule has 0 saturated carbocycles. The number of carbonyl (C=O) groups excluding carboxylic acids is 1. The van der Waals surface area contributed by atoms with Crippen molar-refractivity contribution in [3.05, 3.63) is 28.2 Å². The van der Waals surface area contributed by atoms with Crippen LogP contribution in [0.25, 0.3) is 0 Å². The highest BCUT2D eigenvalue weighted by Gasteiger charge is 2.33. The van der Waals surface area contributed by atoms with Crippen molar-refractivity contribution in [2.24, 2.45) is 5.73 Å². The van der Waals surface area contributed by atoms with Crippen molar-refractivity contribution >= 4 is 34.2 Å². The molecule has 0 aliphatic carbocycles. The number of rotatable bonds is 3. The maximum absolute atomic E-state index is 12.2. The van der Waals surface area contributed by atoms with Gasteiger partial charge in [-0.2, -0.15) is 0 Å². The van der Waals surface area contributed by atoms with Gasteiger partial charge in [-0.3, -0.25) is 4.79 Å². The van der Waals surface area contributed by atoms with Crippen LogP contribution in [0.5, 0.6) is 5.75 Å². The first-order valence-electron chi connectivity index (χ1n) is 6.44. The molecule has 1 aromatic rings. The van der Waals surface area contributed by atoms with E-state index in [2.05, 4.69) is 15.9 Å². The number of hydrogen-bond donors (Lipinski definition) is 1. The summed E-state index contributed by atoms with van der Waals surface area (Å²) in [5, 5.41) is 0.